The predicted molar refractivity (Wildman–Crippen MR) is 106 cm³/mol. The molecule has 0 amide bonds. The fourth-order valence-electron chi connectivity index (χ4n) is 2.61. The van der Waals surface area contributed by atoms with Crippen molar-refractivity contribution in [1.29, 1.82) is 0 Å². The van der Waals surface area contributed by atoms with Crippen LogP contribution in [0.4, 0.5) is 0 Å². The third kappa shape index (κ3) is 9.87. The van der Waals surface area contributed by atoms with Crippen molar-refractivity contribution in [2.24, 2.45) is 5.92 Å². The average Bonchev–Trinajstić information content (AvgIpc) is 2.31. The zero-order chi connectivity index (χ0) is 17.4. The molecule has 0 aromatic heterocycles. The van der Waals surface area contributed by atoms with Crippen LogP contribution in [-0.2, 0) is 0 Å². The van der Waals surface area contributed by atoms with Gasteiger partial charge in [0.1, 0.15) is 8.07 Å². The first-order chi connectivity index (χ1) is 9.89. The Morgan fingerprint density at radius 1 is 1.00 bits per heavy atom. The molecule has 0 fully saturated rings. The van der Waals surface area contributed by atoms with Crippen LogP contribution >= 0.6 is 0 Å². The van der Waals surface area contributed by atoms with E-state index in [1.807, 2.05) is 0 Å². The van der Waals surface area contributed by atoms with E-state index >= 15 is 0 Å². The summed E-state index contributed by atoms with van der Waals surface area (Å²) in [6.45, 7) is 17.9. The first kappa shape index (κ1) is 22.0. The SMILES string of the molecule is CCCCC[C@@H](CCC#C[Si](C)(C)C)CC(C)(C)[Si](C)(C)O. The van der Waals surface area contributed by atoms with E-state index in [0.717, 1.165) is 18.8 Å². The highest BCUT2D eigenvalue weighted by atomic mass is 28.4. The zero-order valence-electron chi connectivity index (χ0n) is 16.5. The molecule has 3 heteroatoms. The fourth-order valence-corrected chi connectivity index (χ4v) is 4.05. The molecule has 1 N–H and O–H groups in total. The zero-order valence-corrected chi connectivity index (χ0v) is 18.5. The minimum atomic E-state index is -2.10. The lowest BCUT2D eigenvalue weighted by molar-refractivity contribution is 0.336. The van der Waals surface area contributed by atoms with E-state index < -0.39 is 16.4 Å². The molecule has 0 aromatic carbocycles. The van der Waals surface area contributed by atoms with Crippen molar-refractivity contribution < 1.29 is 4.80 Å². The Labute approximate surface area is 142 Å². The summed E-state index contributed by atoms with van der Waals surface area (Å²) in [5, 5.41) is 0.0933. The Kier molecular flexibility index (Phi) is 9.28. The third-order valence-electron chi connectivity index (χ3n) is 4.81. The summed E-state index contributed by atoms with van der Waals surface area (Å²) in [6.07, 6.45) is 8.63. The van der Waals surface area contributed by atoms with Crippen LogP contribution in [-0.4, -0.2) is 21.2 Å². The minimum absolute atomic E-state index is 0.0933. The van der Waals surface area contributed by atoms with Gasteiger partial charge in [-0.25, -0.2) is 0 Å². The maximum Gasteiger partial charge on any atom is 0.188 e. The summed E-state index contributed by atoms with van der Waals surface area (Å²) in [4.78, 5) is 10.6. The van der Waals surface area contributed by atoms with Gasteiger partial charge in [-0.05, 0) is 36.9 Å². The molecule has 0 spiro atoms. The molecule has 0 rings (SSSR count). The van der Waals surface area contributed by atoms with Crippen molar-refractivity contribution in [1.82, 2.24) is 0 Å². The summed E-state index contributed by atoms with van der Waals surface area (Å²) in [5.74, 6) is 4.15. The van der Waals surface area contributed by atoms with Gasteiger partial charge in [-0.3, -0.25) is 0 Å². The molecule has 0 aliphatic rings. The standard InChI is InChI=1S/C19H40OSi2/c1-9-10-11-14-18(15-12-13-16-21(4,5)6)17-19(2,3)22(7,8)20/h18,20H,9-12,14-15,17H2,1-8H3/t18-/m0/s1. The highest BCUT2D eigenvalue weighted by Crippen LogP contribution is 2.43. The first-order valence-corrected chi connectivity index (χ1v) is 15.6. The summed E-state index contributed by atoms with van der Waals surface area (Å²) in [7, 11) is -3.33. The van der Waals surface area contributed by atoms with Gasteiger partial charge in [-0.15, -0.1) is 11.5 Å². The summed E-state index contributed by atoms with van der Waals surface area (Å²) in [6, 6.07) is 0. The number of unbranched alkanes of at least 4 members (excludes halogenated alkanes) is 2. The maximum absolute atomic E-state index is 10.6. The Morgan fingerprint density at radius 3 is 2.05 bits per heavy atom. The van der Waals surface area contributed by atoms with Gasteiger partial charge in [0.2, 0.25) is 0 Å². The van der Waals surface area contributed by atoms with Crippen LogP contribution in [0.5, 0.6) is 0 Å². The molecule has 0 aliphatic carbocycles. The molecule has 0 radical (unpaired) electrons. The molecule has 0 saturated heterocycles. The van der Waals surface area contributed by atoms with Gasteiger partial charge in [-0.1, -0.05) is 66.1 Å². The molecular formula is C19H40OSi2. The van der Waals surface area contributed by atoms with Gasteiger partial charge in [0, 0.05) is 6.42 Å². The fraction of sp³-hybridized carbons (Fsp3) is 0.895. The van der Waals surface area contributed by atoms with Crippen LogP contribution in [0.3, 0.4) is 0 Å². The van der Waals surface area contributed by atoms with Crippen LogP contribution in [0.1, 0.15) is 65.7 Å². The predicted octanol–water partition coefficient (Wildman–Crippen LogP) is 6.21. The quantitative estimate of drug-likeness (QED) is 0.300. The van der Waals surface area contributed by atoms with E-state index in [1.54, 1.807) is 0 Å². The molecular weight excluding hydrogens is 300 g/mol. The molecule has 1 atom stereocenters. The summed E-state index contributed by atoms with van der Waals surface area (Å²) < 4.78 is 0. The van der Waals surface area contributed by atoms with Gasteiger partial charge in [0.05, 0.1) is 0 Å². The molecule has 0 bridgehead atoms. The van der Waals surface area contributed by atoms with Gasteiger partial charge < -0.3 is 4.80 Å². The molecule has 0 heterocycles. The van der Waals surface area contributed by atoms with E-state index in [-0.39, 0.29) is 5.04 Å². The molecule has 0 saturated carbocycles. The second-order valence-corrected chi connectivity index (χ2v) is 18.3. The van der Waals surface area contributed by atoms with Crippen molar-refractivity contribution >= 4 is 16.4 Å². The topological polar surface area (TPSA) is 20.2 Å². The Morgan fingerprint density at radius 2 is 1.59 bits per heavy atom. The average molecular weight is 341 g/mol. The second kappa shape index (κ2) is 9.30. The monoisotopic (exact) mass is 340 g/mol. The normalized spacial score (nSPS) is 14.4. The lowest BCUT2D eigenvalue weighted by atomic mass is 9.88. The lowest BCUT2D eigenvalue weighted by Crippen LogP contribution is -2.40. The van der Waals surface area contributed by atoms with Gasteiger partial charge in [-0.2, -0.15) is 0 Å². The molecule has 22 heavy (non-hydrogen) atoms. The second-order valence-electron chi connectivity index (χ2n) is 9.10. The van der Waals surface area contributed by atoms with Crippen molar-refractivity contribution in [3.8, 4) is 11.5 Å². The van der Waals surface area contributed by atoms with Crippen LogP contribution in [0.25, 0.3) is 0 Å². The minimum Gasteiger partial charge on any atom is -0.432 e. The highest BCUT2D eigenvalue weighted by Gasteiger charge is 2.39. The van der Waals surface area contributed by atoms with Crippen molar-refractivity contribution in [3.63, 3.8) is 0 Å². The summed E-state index contributed by atoms with van der Waals surface area (Å²) in [5.41, 5.74) is 3.49. The number of hydrogen-bond donors (Lipinski definition) is 1. The Balaban J connectivity index is 4.65. The first-order valence-electron chi connectivity index (χ1n) is 9.11. The van der Waals surface area contributed by atoms with Crippen molar-refractivity contribution in [3.05, 3.63) is 0 Å². The Hall–Kier alpha value is -0.0462. The van der Waals surface area contributed by atoms with E-state index in [2.05, 4.69) is 65.0 Å². The number of rotatable bonds is 9. The van der Waals surface area contributed by atoms with Crippen LogP contribution in [0.15, 0.2) is 0 Å². The molecule has 0 aliphatic heterocycles. The molecule has 1 nitrogen and oxygen atoms in total. The van der Waals surface area contributed by atoms with E-state index in [4.69, 9.17) is 0 Å². The largest absolute Gasteiger partial charge is 0.432 e. The van der Waals surface area contributed by atoms with E-state index in [0.29, 0.717) is 0 Å². The van der Waals surface area contributed by atoms with E-state index in [9.17, 15) is 4.80 Å². The summed E-state index contributed by atoms with van der Waals surface area (Å²) >= 11 is 0. The third-order valence-corrected chi connectivity index (χ3v) is 9.26. The van der Waals surface area contributed by atoms with Crippen molar-refractivity contribution in [2.45, 2.75) is 103 Å². The highest BCUT2D eigenvalue weighted by molar-refractivity contribution is 6.83. The van der Waals surface area contributed by atoms with Gasteiger partial charge >= 0.3 is 0 Å². The smallest absolute Gasteiger partial charge is 0.188 e. The van der Waals surface area contributed by atoms with Crippen LogP contribution < -0.4 is 0 Å². The molecule has 0 aromatic rings. The van der Waals surface area contributed by atoms with E-state index in [1.165, 1.54) is 32.1 Å². The van der Waals surface area contributed by atoms with Gasteiger partial charge in [0.15, 0.2) is 8.32 Å². The van der Waals surface area contributed by atoms with Gasteiger partial charge in [0.25, 0.3) is 0 Å². The Bertz CT molecular complexity index is 364. The van der Waals surface area contributed by atoms with Crippen molar-refractivity contribution in [2.75, 3.05) is 0 Å². The van der Waals surface area contributed by atoms with Crippen LogP contribution in [0, 0.1) is 17.4 Å². The molecule has 130 valence electrons. The molecule has 0 unspecified atom stereocenters. The lowest BCUT2D eigenvalue weighted by Gasteiger charge is -2.38. The van der Waals surface area contributed by atoms with Crippen LogP contribution in [0.2, 0.25) is 37.8 Å². The number of hydrogen-bond acceptors (Lipinski definition) is 1. The maximum atomic E-state index is 10.6.